The number of hydrogen-bond donors (Lipinski definition) is 1. The topological polar surface area (TPSA) is 55.4 Å². The molecule has 0 radical (unpaired) electrons. The van der Waals surface area contributed by atoms with Gasteiger partial charge >= 0.3 is 5.97 Å². The lowest BCUT2D eigenvalue weighted by Crippen LogP contribution is -2.25. The number of amides is 1. The average molecular weight is 325 g/mol. The van der Waals surface area contributed by atoms with Crippen LogP contribution in [0, 0.1) is 0 Å². The molecule has 0 unspecified atom stereocenters. The van der Waals surface area contributed by atoms with E-state index in [-0.39, 0.29) is 11.9 Å². The maximum Gasteiger partial charge on any atom is 0.337 e. The fourth-order valence-electron chi connectivity index (χ4n) is 2.46. The smallest absolute Gasteiger partial charge is 0.337 e. The van der Waals surface area contributed by atoms with Crippen molar-refractivity contribution in [1.29, 1.82) is 0 Å². The molecule has 0 aliphatic rings. The van der Waals surface area contributed by atoms with Crippen molar-refractivity contribution in [3.63, 3.8) is 0 Å². The van der Waals surface area contributed by atoms with Gasteiger partial charge in [0.2, 0.25) is 5.91 Å². The molecule has 0 aliphatic heterocycles. The summed E-state index contributed by atoms with van der Waals surface area (Å²) in [6.07, 6.45) is 3.05. The fourth-order valence-corrected chi connectivity index (χ4v) is 2.46. The monoisotopic (exact) mass is 325 g/mol. The van der Waals surface area contributed by atoms with Gasteiger partial charge in [-0.05, 0) is 42.5 Å². The third kappa shape index (κ3) is 5.88. The first kappa shape index (κ1) is 17.7. The quantitative estimate of drug-likeness (QED) is 0.759. The summed E-state index contributed by atoms with van der Waals surface area (Å²) in [4.78, 5) is 23.2. The van der Waals surface area contributed by atoms with Crippen LogP contribution in [0.3, 0.4) is 0 Å². The molecular formula is C20H23NO3. The first-order valence-corrected chi connectivity index (χ1v) is 8.17. The van der Waals surface area contributed by atoms with Gasteiger partial charge in [-0.2, -0.15) is 0 Å². The minimum Gasteiger partial charge on any atom is -0.465 e. The summed E-state index contributed by atoms with van der Waals surface area (Å²) in [5.74, 6) is -0.259. The van der Waals surface area contributed by atoms with Gasteiger partial charge in [-0.25, -0.2) is 4.79 Å². The number of benzene rings is 2. The highest BCUT2D eigenvalue weighted by molar-refractivity contribution is 5.89. The molecule has 2 aromatic rings. The zero-order valence-corrected chi connectivity index (χ0v) is 14.0. The largest absolute Gasteiger partial charge is 0.465 e. The Morgan fingerprint density at radius 2 is 1.58 bits per heavy atom. The van der Waals surface area contributed by atoms with Crippen LogP contribution in [-0.2, 0) is 22.4 Å². The van der Waals surface area contributed by atoms with E-state index in [1.165, 1.54) is 12.7 Å². The molecule has 126 valence electrons. The van der Waals surface area contributed by atoms with Gasteiger partial charge < -0.3 is 10.1 Å². The zero-order valence-electron chi connectivity index (χ0n) is 14.0. The van der Waals surface area contributed by atoms with E-state index in [2.05, 4.69) is 22.2 Å². The second-order valence-electron chi connectivity index (χ2n) is 5.63. The Bertz CT molecular complexity index is 650. The van der Waals surface area contributed by atoms with Gasteiger partial charge in [0, 0.05) is 13.0 Å². The van der Waals surface area contributed by atoms with Crippen LogP contribution in [0.4, 0.5) is 0 Å². The second-order valence-corrected chi connectivity index (χ2v) is 5.63. The Morgan fingerprint density at radius 3 is 2.25 bits per heavy atom. The number of methoxy groups -OCH3 is 1. The normalized spacial score (nSPS) is 10.2. The predicted octanol–water partition coefficient (Wildman–Crippen LogP) is 3.15. The molecule has 0 bridgehead atoms. The van der Waals surface area contributed by atoms with E-state index >= 15 is 0 Å². The van der Waals surface area contributed by atoms with E-state index in [0.29, 0.717) is 18.5 Å². The molecule has 4 heteroatoms. The van der Waals surface area contributed by atoms with Crippen LogP contribution in [0.5, 0.6) is 0 Å². The lowest BCUT2D eigenvalue weighted by molar-refractivity contribution is -0.121. The lowest BCUT2D eigenvalue weighted by atomic mass is 10.1. The SMILES string of the molecule is COC(=O)c1ccc(CCNC(=O)CCCc2ccccc2)cc1. The minimum atomic E-state index is -0.340. The van der Waals surface area contributed by atoms with Crippen LogP contribution >= 0.6 is 0 Å². The van der Waals surface area contributed by atoms with Crippen LogP contribution in [0.25, 0.3) is 0 Å². The standard InChI is InChI=1S/C20H23NO3/c1-24-20(23)18-12-10-17(11-13-18)14-15-21-19(22)9-5-8-16-6-3-2-4-7-16/h2-4,6-7,10-13H,5,8-9,14-15H2,1H3,(H,21,22). The Labute approximate surface area is 142 Å². The Morgan fingerprint density at radius 1 is 0.917 bits per heavy atom. The first-order valence-electron chi connectivity index (χ1n) is 8.17. The van der Waals surface area contributed by atoms with E-state index in [4.69, 9.17) is 0 Å². The summed E-state index contributed by atoms with van der Waals surface area (Å²) >= 11 is 0. The molecule has 1 N–H and O–H groups in total. The summed E-state index contributed by atoms with van der Waals surface area (Å²) in [6.45, 7) is 0.599. The van der Waals surface area contributed by atoms with Gasteiger partial charge in [-0.3, -0.25) is 4.79 Å². The van der Waals surface area contributed by atoms with Crippen molar-refractivity contribution < 1.29 is 14.3 Å². The number of esters is 1. The molecular weight excluding hydrogens is 302 g/mol. The minimum absolute atomic E-state index is 0.0807. The molecule has 4 nitrogen and oxygen atoms in total. The molecule has 0 saturated carbocycles. The summed E-state index contributed by atoms with van der Waals surface area (Å²) in [7, 11) is 1.36. The molecule has 0 fully saturated rings. The Kier molecular flexibility index (Phi) is 7.02. The molecule has 0 atom stereocenters. The predicted molar refractivity (Wildman–Crippen MR) is 93.9 cm³/mol. The third-order valence-corrected chi connectivity index (χ3v) is 3.82. The second kappa shape index (κ2) is 9.50. The summed E-state index contributed by atoms with van der Waals surface area (Å²) in [5, 5.41) is 2.94. The molecule has 1 amide bonds. The fraction of sp³-hybridized carbons (Fsp3) is 0.300. The van der Waals surface area contributed by atoms with E-state index < -0.39 is 0 Å². The molecule has 0 spiro atoms. The van der Waals surface area contributed by atoms with E-state index in [1.807, 2.05) is 30.3 Å². The number of carbonyl (C=O) groups is 2. The number of ether oxygens (including phenoxy) is 1. The van der Waals surface area contributed by atoms with Gasteiger partial charge in [0.05, 0.1) is 12.7 Å². The van der Waals surface area contributed by atoms with Gasteiger partial charge in [-0.1, -0.05) is 42.5 Å². The maximum atomic E-state index is 11.8. The van der Waals surface area contributed by atoms with E-state index in [9.17, 15) is 9.59 Å². The van der Waals surface area contributed by atoms with Gasteiger partial charge in [0.1, 0.15) is 0 Å². The van der Waals surface area contributed by atoms with Crippen molar-refractivity contribution in [3.8, 4) is 0 Å². The van der Waals surface area contributed by atoms with Gasteiger partial charge in [-0.15, -0.1) is 0 Å². The highest BCUT2D eigenvalue weighted by Crippen LogP contribution is 2.07. The van der Waals surface area contributed by atoms with Crippen LogP contribution < -0.4 is 5.32 Å². The van der Waals surface area contributed by atoms with Crippen molar-refractivity contribution >= 4 is 11.9 Å². The molecule has 0 aromatic heterocycles. The summed E-state index contributed by atoms with van der Waals surface area (Å²) in [5.41, 5.74) is 2.87. The number of hydrogen-bond acceptors (Lipinski definition) is 3. The van der Waals surface area contributed by atoms with Crippen molar-refractivity contribution in [3.05, 3.63) is 71.3 Å². The van der Waals surface area contributed by atoms with Crippen LogP contribution in [-0.4, -0.2) is 25.5 Å². The summed E-state index contributed by atoms with van der Waals surface area (Å²) in [6, 6.07) is 17.4. The van der Waals surface area contributed by atoms with Crippen LogP contribution in [0.15, 0.2) is 54.6 Å². The van der Waals surface area contributed by atoms with Crippen LogP contribution in [0.1, 0.15) is 34.3 Å². The number of rotatable bonds is 8. The molecule has 2 rings (SSSR count). The zero-order chi connectivity index (χ0) is 17.2. The first-order chi connectivity index (χ1) is 11.7. The number of nitrogens with one attached hydrogen (secondary N) is 1. The highest BCUT2D eigenvalue weighted by atomic mass is 16.5. The maximum absolute atomic E-state index is 11.8. The lowest BCUT2D eigenvalue weighted by Gasteiger charge is -2.06. The summed E-state index contributed by atoms with van der Waals surface area (Å²) < 4.78 is 4.66. The van der Waals surface area contributed by atoms with Gasteiger partial charge in [0.25, 0.3) is 0 Å². The van der Waals surface area contributed by atoms with Gasteiger partial charge in [0.15, 0.2) is 0 Å². The number of aryl methyl sites for hydroxylation is 1. The van der Waals surface area contributed by atoms with Crippen molar-refractivity contribution in [2.75, 3.05) is 13.7 Å². The molecule has 0 aliphatic carbocycles. The van der Waals surface area contributed by atoms with Crippen LogP contribution in [0.2, 0.25) is 0 Å². The van der Waals surface area contributed by atoms with Crippen molar-refractivity contribution in [1.82, 2.24) is 5.32 Å². The highest BCUT2D eigenvalue weighted by Gasteiger charge is 2.05. The molecule has 0 heterocycles. The molecule has 24 heavy (non-hydrogen) atoms. The Hall–Kier alpha value is -2.62. The van der Waals surface area contributed by atoms with E-state index in [1.54, 1.807) is 12.1 Å². The third-order valence-electron chi connectivity index (χ3n) is 3.82. The van der Waals surface area contributed by atoms with Crippen molar-refractivity contribution in [2.24, 2.45) is 0 Å². The Balaban J connectivity index is 1.64. The average Bonchev–Trinajstić information content (AvgIpc) is 2.62. The molecule has 2 aromatic carbocycles. The molecule has 0 saturated heterocycles. The van der Waals surface area contributed by atoms with Crippen molar-refractivity contribution in [2.45, 2.75) is 25.7 Å². The van der Waals surface area contributed by atoms with E-state index in [0.717, 1.165) is 24.8 Å². The number of carbonyl (C=O) groups excluding carboxylic acids is 2.